The van der Waals surface area contributed by atoms with Crippen molar-refractivity contribution < 1.29 is 14.3 Å². The maximum Gasteiger partial charge on any atom is 0.434 e. The first-order chi connectivity index (χ1) is 6.69. The molecule has 74 valence electrons. The predicted octanol–water partition coefficient (Wildman–Crippen LogP) is 1.03. The van der Waals surface area contributed by atoms with Gasteiger partial charge in [0.15, 0.2) is 0 Å². The van der Waals surface area contributed by atoms with Gasteiger partial charge in [0.05, 0.1) is 6.61 Å². The minimum Gasteiger partial charge on any atom is -0.457 e. The molecule has 1 aromatic heterocycles. The van der Waals surface area contributed by atoms with Crippen LogP contribution in [0.4, 0.5) is 0 Å². The average molecular weight is 211 g/mol. The Hall–Kier alpha value is -1.52. The van der Waals surface area contributed by atoms with Gasteiger partial charge >= 0.3 is 11.7 Å². The second kappa shape index (κ2) is 4.64. The van der Waals surface area contributed by atoms with E-state index in [2.05, 4.69) is 9.77 Å². The van der Waals surface area contributed by atoms with Gasteiger partial charge in [0, 0.05) is 11.1 Å². The minimum absolute atomic E-state index is 0.148. The molecule has 14 heavy (non-hydrogen) atoms. The fraction of sp³-hybridized carbons (Fsp3) is 0.375. The number of aryl methyl sites for hydroxylation is 1. The van der Waals surface area contributed by atoms with Crippen molar-refractivity contribution in [3.63, 3.8) is 0 Å². The van der Waals surface area contributed by atoms with E-state index < -0.39 is 5.97 Å². The molecule has 0 aliphatic heterocycles. The Morgan fingerprint density at radius 2 is 2.50 bits per heavy atom. The van der Waals surface area contributed by atoms with Crippen molar-refractivity contribution in [1.29, 1.82) is 0 Å². The molecule has 5 nitrogen and oxygen atoms in total. The molecule has 0 spiro atoms. The topological polar surface area (TPSA) is 75.6 Å². The van der Waals surface area contributed by atoms with Gasteiger partial charge in [0.25, 0.3) is 0 Å². The summed E-state index contributed by atoms with van der Waals surface area (Å²) >= 11 is 1.23. The molecule has 1 heterocycles. The zero-order valence-electron chi connectivity index (χ0n) is 7.85. The number of ether oxygens (including phenoxy) is 1. The molecule has 1 aromatic rings. The lowest BCUT2D eigenvalue weighted by molar-refractivity contribution is -0.139. The Morgan fingerprint density at radius 1 is 1.79 bits per heavy atom. The molecular weight excluding hydrogens is 202 g/mol. The van der Waals surface area contributed by atoms with Gasteiger partial charge in [-0.2, -0.15) is 4.79 Å². The summed E-state index contributed by atoms with van der Waals surface area (Å²) in [5.41, 5.74) is 9.26. The zero-order chi connectivity index (χ0) is 10.6. The molecule has 0 fully saturated rings. The molecular formula is C8H9N3O2S. The summed E-state index contributed by atoms with van der Waals surface area (Å²) in [4.78, 5) is 18.1. The van der Waals surface area contributed by atoms with Crippen LogP contribution in [0.1, 0.15) is 17.6 Å². The van der Waals surface area contributed by atoms with Crippen LogP contribution in [0, 0.1) is 6.92 Å². The van der Waals surface area contributed by atoms with Gasteiger partial charge in [-0.25, -0.2) is 9.78 Å². The summed E-state index contributed by atoms with van der Waals surface area (Å²) < 4.78 is 4.70. The van der Waals surface area contributed by atoms with Gasteiger partial charge in [-0.05, 0) is 13.8 Å². The van der Waals surface area contributed by atoms with E-state index in [4.69, 9.17) is 10.3 Å². The molecule has 0 aromatic carbocycles. The zero-order valence-corrected chi connectivity index (χ0v) is 8.67. The van der Waals surface area contributed by atoms with Crippen LogP contribution in [0.15, 0.2) is 5.38 Å². The number of rotatable bonds is 3. The Morgan fingerprint density at radius 3 is 2.93 bits per heavy atom. The summed E-state index contributed by atoms with van der Waals surface area (Å²) in [6, 6.07) is 0. The molecule has 6 heteroatoms. The van der Waals surface area contributed by atoms with Gasteiger partial charge in [0.1, 0.15) is 0 Å². The molecule has 0 aliphatic rings. The van der Waals surface area contributed by atoms with Crippen LogP contribution in [0.25, 0.3) is 5.53 Å². The first-order valence-electron chi connectivity index (χ1n) is 4.00. The van der Waals surface area contributed by atoms with E-state index in [1.54, 1.807) is 19.2 Å². The molecule has 0 saturated carbocycles. The summed E-state index contributed by atoms with van der Waals surface area (Å²) in [6.07, 6.45) is 0. The summed E-state index contributed by atoms with van der Waals surface area (Å²) in [6.45, 7) is 3.71. The van der Waals surface area contributed by atoms with Crippen molar-refractivity contribution in [3.8, 4) is 0 Å². The van der Waals surface area contributed by atoms with Gasteiger partial charge in [-0.15, -0.1) is 11.3 Å². The van der Waals surface area contributed by atoms with Gasteiger partial charge in [-0.1, -0.05) is 0 Å². The highest BCUT2D eigenvalue weighted by atomic mass is 32.1. The maximum atomic E-state index is 11.2. The smallest absolute Gasteiger partial charge is 0.434 e. The van der Waals surface area contributed by atoms with E-state index in [9.17, 15) is 4.79 Å². The SMILES string of the molecule is CCOC(=O)C(=[N+]=[N-])c1nc(C)cs1. The van der Waals surface area contributed by atoms with Crippen LogP contribution in [0.3, 0.4) is 0 Å². The average Bonchev–Trinajstić information content (AvgIpc) is 2.54. The first kappa shape index (κ1) is 10.6. The van der Waals surface area contributed by atoms with Crippen LogP contribution < -0.4 is 0 Å². The summed E-state index contributed by atoms with van der Waals surface area (Å²) in [5, 5.41) is 2.13. The molecule has 0 saturated heterocycles. The molecule has 0 atom stereocenters. The number of carbonyl (C=O) groups excluding carboxylic acids is 1. The number of thiazole rings is 1. The van der Waals surface area contributed by atoms with Crippen LogP contribution >= 0.6 is 11.3 Å². The third kappa shape index (κ3) is 2.25. The summed E-state index contributed by atoms with van der Waals surface area (Å²) in [7, 11) is 0. The van der Waals surface area contributed by atoms with E-state index in [0.717, 1.165) is 5.69 Å². The number of nitrogens with zero attached hydrogens (tertiary/aromatic N) is 3. The monoisotopic (exact) mass is 211 g/mol. The highest BCUT2D eigenvalue weighted by molar-refractivity contribution is 7.12. The molecule has 0 bridgehead atoms. The molecule has 0 unspecified atom stereocenters. The van der Waals surface area contributed by atoms with Crippen molar-refractivity contribution in [2.45, 2.75) is 13.8 Å². The first-order valence-corrected chi connectivity index (χ1v) is 4.88. The number of aromatic nitrogens is 1. The number of hydrogen-bond acceptors (Lipinski definition) is 4. The largest absolute Gasteiger partial charge is 0.457 e. The van der Waals surface area contributed by atoms with Crippen molar-refractivity contribution >= 4 is 23.0 Å². The third-order valence-electron chi connectivity index (χ3n) is 1.39. The highest BCUT2D eigenvalue weighted by Gasteiger charge is 2.27. The lowest BCUT2D eigenvalue weighted by Gasteiger charge is -1.93. The number of carbonyl (C=O) groups is 1. The Labute approximate surface area is 85.0 Å². The van der Waals surface area contributed by atoms with Crippen molar-refractivity contribution in [2.75, 3.05) is 6.61 Å². The van der Waals surface area contributed by atoms with Crippen molar-refractivity contribution in [3.05, 3.63) is 21.6 Å². The van der Waals surface area contributed by atoms with E-state index >= 15 is 0 Å². The van der Waals surface area contributed by atoms with Crippen molar-refractivity contribution in [1.82, 2.24) is 4.98 Å². The third-order valence-corrected chi connectivity index (χ3v) is 2.36. The van der Waals surface area contributed by atoms with E-state index in [0.29, 0.717) is 5.01 Å². The number of esters is 1. The highest BCUT2D eigenvalue weighted by Crippen LogP contribution is 2.09. The number of hydrogen-bond donors (Lipinski definition) is 0. The van der Waals surface area contributed by atoms with E-state index in [-0.39, 0.29) is 12.3 Å². The second-order valence-corrected chi connectivity index (χ2v) is 3.32. The van der Waals surface area contributed by atoms with Crippen molar-refractivity contribution in [2.24, 2.45) is 0 Å². The molecule has 0 amide bonds. The standard InChI is InChI=1S/C8H9N3O2S/c1-3-13-8(12)6(11-9)7-10-5(2)4-14-7/h4H,3H2,1-2H3. The Balaban J connectivity index is 2.94. The van der Waals surface area contributed by atoms with E-state index in [1.165, 1.54) is 11.3 Å². The summed E-state index contributed by atoms with van der Waals surface area (Å²) in [5.74, 6) is -0.663. The van der Waals surface area contributed by atoms with Crippen LogP contribution in [-0.4, -0.2) is 28.1 Å². The Bertz CT molecular complexity index is 393. The van der Waals surface area contributed by atoms with Crippen LogP contribution in [-0.2, 0) is 9.53 Å². The quantitative estimate of drug-likeness (QED) is 0.324. The lowest BCUT2D eigenvalue weighted by atomic mass is 10.4. The molecule has 0 N–H and O–H groups in total. The fourth-order valence-electron chi connectivity index (χ4n) is 0.833. The molecule has 0 aliphatic carbocycles. The van der Waals surface area contributed by atoms with E-state index in [1.807, 2.05) is 0 Å². The normalized spacial score (nSPS) is 9.29. The van der Waals surface area contributed by atoms with Gasteiger partial charge < -0.3 is 10.3 Å². The van der Waals surface area contributed by atoms with Crippen LogP contribution in [0.2, 0.25) is 0 Å². The maximum absolute atomic E-state index is 11.2. The van der Waals surface area contributed by atoms with Crippen LogP contribution in [0.5, 0.6) is 0 Å². The second-order valence-electron chi connectivity index (χ2n) is 2.46. The van der Waals surface area contributed by atoms with Gasteiger partial charge in [-0.3, -0.25) is 0 Å². The fourth-order valence-corrected chi connectivity index (χ4v) is 1.60. The van der Waals surface area contributed by atoms with Gasteiger partial charge in [0.2, 0.25) is 5.01 Å². The molecule has 0 radical (unpaired) electrons. The lowest BCUT2D eigenvalue weighted by Crippen LogP contribution is -2.19. The molecule has 1 rings (SSSR count). The predicted molar refractivity (Wildman–Crippen MR) is 51.2 cm³/mol. The minimum atomic E-state index is -0.663. The Kier molecular flexibility index (Phi) is 3.50.